The number of hydrogen-bond donors (Lipinski definition) is 0. The molecule has 0 aliphatic carbocycles. The molecule has 1 aromatic carbocycles. The summed E-state index contributed by atoms with van der Waals surface area (Å²) in [5, 5.41) is 8.05. The van der Waals surface area contributed by atoms with E-state index in [-0.39, 0.29) is 48.4 Å². The number of piperidine rings is 1. The Bertz CT molecular complexity index is 1040. The predicted molar refractivity (Wildman–Crippen MR) is 117 cm³/mol. The van der Waals surface area contributed by atoms with Gasteiger partial charge in [-0.3, -0.25) is 4.79 Å². The molecule has 2 amide bonds. The van der Waals surface area contributed by atoms with Crippen molar-refractivity contribution < 1.29 is 41.4 Å². The number of benzene rings is 1. The van der Waals surface area contributed by atoms with Gasteiger partial charge in [0.05, 0.1) is 25.7 Å². The number of carbonyl (C=O) groups is 2. The SMILES string of the molecule is CCOC(=O)Cc1nnc(C2CC(c3ccc(OC(F)(F)F)cc3)CN(C(=O)N3CCOCC3)C2)o1. The lowest BCUT2D eigenvalue weighted by molar-refractivity contribution is -0.274. The van der Waals surface area contributed by atoms with Crippen molar-refractivity contribution in [3.05, 3.63) is 41.6 Å². The smallest absolute Gasteiger partial charge is 0.466 e. The van der Waals surface area contributed by atoms with Crippen molar-refractivity contribution in [2.45, 2.75) is 38.0 Å². The third-order valence-electron chi connectivity index (χ3n) is 6.02. The van der Waals surface area contributed by atoms with Crippen molar-refractivity contribution in [2.24, 2.45) is 0 Å². The summed E-state index contributed by atoms with van der Waals surface area (Å²) in [4.78, 5) is 28.4. The maximum absolute atomic E-state index is 13.3. The Morgan fingerprint density at radius 1 is 1.06 bits per heavy atom. The maximum Gasteiger partial charge on any atom is 0.573 e. The van der Waals surface area contributed by atoms with Crippen LogP contribution in [0.25, 0.3) is 0 Å². The first-order valence-corrected chi connectivity index (χ1v) is 11.7. The molecule has 0 radical (unpaired) electrons. The van der Waals surface area contributed by atoms with E-state index in [0.29, 0.717) is 45.8 Å². The number of nitrogens with zero attached hydrogens (tertiary/aromatic N) is 4. The van der Waals surface area contributed by atoms with Crippen LogP contribution in [0.15, 0.2) is 28.7 Å². The van der Waals surface area contributed by atoms with Crippen LogP contribution in [0.1, 0.15) is 42.5 Å². The number of alkyl halides is 3. The molecule has 2 aromatic rings. The first-order valence-electron chi connectivity index (χ1n) is 11.7. The van der Waals surface area contributed by atoms with Crippen LogP contribution in [-0.4, -0.2) is 84.4 Å². The van der Waals surface area contributed by atoms with Crippen molar-refractivity contribution >= 4 is 12.0 Å². The Morgan fingerprint density at radius 2 is 1.75 bits per heavy atom. The number of rotatable bonds is 6. The van der Waals surface area contributed by atoms with Crippen molar-refractivity contribution in [2.75, 3.05) is 46.0 Å². The number of ether oxygens (including phenoxy) is 3. The van der Waals surface area contributed by atoms with E-state index >= 15 is 0 Å². The van der Waals surface area contributed by atoms with Gasteiger partial charge in [0.15, 0.2) is 0 Å². The van der Waals surface area contributed by atoms with Gasteiger partial charge in [-0.1, -0.05) is 12.1 Å². The molecule has 36 heavy (non-hydrogen) atoms. The van der Waals surface area contributed by atoms with Crippen LogP contribution in [0.2, 0.25) is 0 Å². The average Bonchev–Trinajstić information content (AvgIpc) is 3.32. The molecule has 13 heteroatoms. The summed E-state index contributed by atoms with van der Waals surface area (Å²) in [6.07, 6.45) is -4.42. The fourth-order valence-corrected chi connectivity index (χ4v) is 4.41. The van der Waals surface area contributed by atoms with Crippen LogP contribution in [-0.2, 0) is 20.7 Å². The molecule has 196 valence electrons. The molecule has 2 atom stereocenters. The molecular weight excluding hydrogens is 485 g/mol. The average molecular weight is 512 g/mol. The van der Waals surface area contributed by atoms with Crippen LogP contribution >= 0.6 is 0 Å². The zero-order valence-corrected chi connectivity index (χ0v) is 19.7. The number of carbonyl (C=O) groups excluding carboxylic acids is 2. The molecule has 2 aliphatic heterocycles. The van der Waals surface area contributed by atoms with E-state index in [4.69, 9.17) is 13.9 Å². The normalized spacial score (nSPS) is 20.8. The summed E-state index contributed by atoms with van der Waals surface area (Å²) < 4.78 is 57.6. The molecule has 1 aromatic heterocycles. The van der Waals surface area contributed by atoms with E-state index in [2.05, 4.69) is 14.9 Å². The molecular formula is C23H27F3N4O6. The third-order valence-corrected chi connectivity index (χ3v) is 6.02. The van der Waals surface area contributed by atoms with E-state index in [0.717, 1.165) is 5.56 Å². The molecule has 2 saturated heterocycles. The van der Waals surface area contributed by atoms with Gasteiger partial charge >= 0.3 is 18.4 Å². The zero-order valence-electron chi connectivity index (χ0n) is 19.7. The van der Waals surface area contributed by atoms with E-state index in [1.807, 2.05) is 0 Å². The molecule has 10 nitrogen and oxygen atoms in total. The second-order valence-electron chi connectivity index (χ2n) is 8.55. The highest BCUT2D eigenvalue weighted by molar-refractivity contribution is 5.75. The summed E-state index contributed by atoms with van der Waals surface area (Å²) >= 11 is 0. The zero-order chi connectivity index (χ0) is 25.7. The van der Waals surface area contributed by atoms with Gasteiger partial charge in [0, 0.05) is 32.1 Å². The second-order valence-corrected chi connectivity index (χ2v) is 8.55. The monoisotopic (exact) mass is 512 g/mol. The minimum absolute atomic E-state index is 0.116. The highest BCUT2D eigenvalue weighted by Crippen LogP contribution is 2.37. The fourth-order valence-electron chi connectivity index (χ4n) is 4.41. The Hall–Kier alpha value is -3.35. The number of aromatic nitrogens is 2. The number of likely N-dealkylation sites (tertiary alicyclic amines) is 1. The quantitative estimate of drug-likeness (QED) is 0.544. The Labute approximate surface area is 205 Å². The topological polar surface area (TPSA) is 107 Å². The standard InChI is InChI=1S/C23H27F3N4O6/c1-2-34-20(31)12-19-27-28-21(35-19)17-11-16(15-3-5-18(6-4-15)36-23(24,25)26)13-30(14-17)22(32)29-7-9-33-10-8-29/h3-6,16-17H,2,7-14H2,1H3. The van der Waals surface area contributed by atoms with E-state index < -0.39 is 12.3 Å². The molecule has 3 heterocycles. The van der Waals surface area contributed by atoms with E-state index in [1.165, 1.54) is 12.1 Å². The maximum atomic E-state index is 13.3. The van der Waals surface area contributed by atoms with Gasteiger partial charge in [-0.25, -0.2) is 4.79 Å². The number of esters is 1. The minimum Gasteiger partial charge on any atom is -0.466 e. The summed E-state index contributed by atoms with van der Waals surface area (Å²) in [7, 11) is 0. The van der Waals surface area contributed by atoms with Crippen molar-refractivity contribution in [3.8, 4) is 5.75 Å². The van der Waals surface area contributed by atoms with Crippen molar-refractivity contribution in [1.29, 1.82) is 0 Å². The molecule has 0 N–H and O–H groups in total. The second kappa shape index (κ2) is 11.1. The third kappa shape index (κ3) is 6.65. The van der Waals surface area contributed by atoms with Crippen LogP contribution in [0.5, 0.6) is 5.75 Å². The van der Waals surface area contributed by atoms with Gasteiger partial charge in [-0.15, -0.1) is 23.4 Å². The molecule has 4 rings (SSSR count). The predicted octanol–water partition coefficient (Wildman–Crippen LogP) is 3.10. The Kier molecular flexibility index (Phi) is 7.97. The largest absolute Gasteiger partial charge is 0.573 e. The van der Waals surface area contributed by atoms with E-state index in [9.17, 15) is 22.8 Å². The van der Waals surface area contributed by atoms with Crippen LogP contribution in [0, 0.1) is 0 Å². The number of morpholine rings is 1. The fraction of sp³-hybridized carbons (Fsp3) is 0.565. The molecule has 0 spiro atoms. The molecule has 0 bridgehead atoms. The molecule has 0 saturated carbocycles. The summed E-state index contributed by atoms with van der Waals surface area (Å²) in [5.41, 5.74) is 0.750. The van der Waals surface area contributed by atoms with Gasteiger partial charge < -0.3 is 28.4 Å². The van der Waals surface area contributed by atoms with Crippen molar-refractivity contribution in [1.82, 2.24) is 20.0 Å². The first kappa shape index (κ1) is 25.7. The first-order chi connectivity index (χ1) is 17.2. The summed E-state index contributed by atoms with van der Waals surface area (Å²) in [6.45, 7) is 4.47. The lowest BCUT2D eigenvalue weighted by atomic mass is 9.84. The van der Waals surface area contributed by atoms with Gasteiger partial charge in [-0.05, 0) is 31.0 Å². The number of halogens is 3. The number of hydrogen-bond acceptors (Lipinski definition) is 8. The Morgan fingerprint density at radius 3 is 2.42 bits per heavy atom. The highest BCUT2D eigenvalue weighted by Gasteiger charge is 2.37. The van der Waals surface area contributed by atoms with Gasteiger partial charge in [-0.2, -0.15) is 0 Å². The van der Waals surface area contributed by atoms with Gasteiger partial charge in [0.25, 0.3) is 0 Å². The molecule has 2 aliphatic rings. The lowest BCUT2D eigenvalue weighted by Crippen LogP contribution is -2.52. The van der Waals surface area contributed by atoms with Crippen LogP contribution in [0.3, 0.4) is 0 Å². The number of amides is 2. The lowest BCUT2D eigenvalue weighted by Gasteiger charge is -2.40. The molecule has 2 fully saturated rings. The van der Waals surface area contributed by atoms with Gasteiger partial charge in [0.2, 0.25) is 11.8 Å². The number of urea groups is 1. The van der Waals surface area contributed by atoms with Gasteiger partial charge in [0.1, 0.15) is 12.2 Å². The summed E-state index contributed by atoms with van der Waals surface area (Å²) in [5.74, 6) is -0.932. The van der Waals surface area contributed by atoms with Crippen LogP contribution in [0.4, 0.5) is 18.0 Å². The minimum atomic E-state index is -4.78. The molecule has 2 unspecified atom stereocenters. The summed E-state index contributed by atoms with van der Waals surface area (Å²) in [6, 6.07) is 5.48. The Balaban J connectivity index is 1.53. The van der Waals surface area contributed by atoms with Crippen molar-refractivity contribution in [3.63, 3.8) is 0 Å². The van der Waals surface area contributed by atoms with E-state index in [1.54, 1.807) is 28.9 Å². The van der Waals surface area contributed by atoms with Crippen LogP contribution < -0.4 is 4.74 Å². The highest BCUT2D eigenvalue weighted by atomic mass is 19.4.